The Labute approximate surface area is 195 Å². The Kier molecular flexibility index (Phi) is 7.74. The highest BCUT2D eigenvalue weighted by atomic mass is 32.2. The predicted molar refractivity (Wildman–Crippen MR) is 118 cm³/mol. The monoisotopic (exact) mass is 499 g/mol. The van der Waals surface area contributed by atoms with Crippen LogP contribution in [0.5, 0.6) is 0 Å². The smallest absolute Gasteiger partial charge is 0.416 e. The molecule has 1 aromatic carbocycles. The average molecular weight is 500 g/mol. The standard InChI is InChI=1S/C20H20F3N5O3S2/c1-4-31-17(30)10-32-19-26-25-18(33-19)24-16(29)9-15-11(2)27-28(12(15)3)14-7-5-6-13(8-14)20(21,22)23/h5-8H,4,9-10H2,1-3H3,(H,24,25,29). The number of benzene rings is 1. The molecule has 2 aromatic heterocycles. The molecule has 0 atom stereocenters. The summed E-state index contributed by atoms with van der Waals surface area (Å²) in [5.41, 5.74) is 1.17. The minimum Gasteiger partial charge on any atom is -0.465 e. The second kappa shape index (κ2) is 10.3. The fourth-order valence-electron chi connectivity index (χ4n) is 2.96. The molecule has 0 spiro atoms. The number of aromatic nitrogens is 4. The van der Waals surface area contributed by atoms with E-state index in [-0.39, 0.29) is 34.9 Å². The van der Waals surface area contributed by atoms with Crippen LogP contribution in [0.1, 0.15) is 29.4 Å². The van der Waals surface area contributed by atoms with Gasteiger partial charge in [0.2, 0.25) is 11.0 Å². The minimum absolute atomic E-state index is 0.0402. The fraction of sp³-hybridized carbons (Fsp3) is 0.350. The molecule has 3 rings (SSSR count). The van der Waals surface area contributed by atoms with Gasteiger partial charge in [0.1, 0.15) is 0 Å². The molecule has 13 heteroatoms. The molecule has 3 aromatic rings. The predicted octanol–water partition coefficient (Wildman–Crippen LogP) is 4.20. The van der Waals surface area contributed by atoms with Crippen LogP contribution in [0.15, 0.2) is 28.6 Å². The number of thioether (sulfide) groups is 1. The summed E-state index contributed by atoms with van der Waals surface area (Å²) >= 11 is 2.27. The van der Waals surface area contributed by atoms with E-state index in [9.17, 15) is 22.8 Å². The summed E-state index contributed by atoms with van der Waals surface area (Å²) in [6, 6.07) is 4.84. The quantitative estimate of drug-likeness (QED) is 0.282. The number of aryl methyl sites for hydroxylation is 1. The van der Waals surface area contributed by atoms with E-state index >= 15 is 0 Å². The number of hydrogen-bond donors (Lipinski definition) is 1. The lowest BCUT2D eigenvalue weighted by Crippen LogP contribution is -2.15. The molecule has 0 bridgehead atoms. The zero-order chi connectivity index (χ0) is 24.2. The first-order valence-corrected chi connectivity index (χ1v) is 11.5. The van der Waals surface area contributed by atoms with Gasteiger partial charge >= 0.3 is 12.1 Å². The maximum Gasteiger partial charge on any atom is 0.416 e. The van der Waals surface area contributed by atoms with Gasteiger partial charge in [-0.3, -0.25) is 9.59 Å². The Morgan fingerprint density at radius 1 is 1.24 bits per heavy atom. The normalized spacial score (nSPS) is 11.5. The Bertz CT molecular complexity index is 1160. The van der Waals surface area contributed by atoms with Crippen molar-refractivity contribution in [2.24, 2.45) is 0 Å². The number of halogens is 3. The third kappa shape index (κ3) is 6.32. The average Bonchev–Trinajstić information content (AvgIpc) is 3.31. The zero-order valence-electron chi connectivity index (χ0n) is 17.9. The molecule has 8 nitrogen and oxygen atoms in total. The van der Waals surface area contributed by atoms with Gasteiger partial charge in [-0.25, -0.2) is 4.68 Å². The highest BCUT2D eigenvalue weighted by Gasteiger charge is 2.31. The van der Waals surface area contributed by atoms with Crippen molar-refractivity contribution < 1.29 is 27.5 Å². The first-order valence-electron chi connectivity index (χ1n) is 9.73. The van der Waals surface area contributed by atoms with Gasteiger partial charge in [-0.15, -0.1) is 10.2 Å². The van der Waals surface area contributed by atoms with Crippen LogP contribution in [0.4, 0.5) is 18.3 Å². The lowest BCUT2D eigenvalue weighted by atomic mass is 10.1. The number of nitrogens with one attached hydrogen (secondary N) is 1. The summed E-state index contributed by atoms with van der Waals surface area (Å²) in [5.74, 6) is -0.654. The minimum atomic E-state index is -4.47. The van der Waals surface area contributed by atoms with Crippen molar-refractivity contribution in [2.75, 3.05) is 17.7 Å². The van der Waals surface area contributed by atoms with Gasteiger partial charge in [0, 0.05) is 11.3 Å². The van der Waals surface area contributed by atoms with Gasteiger partial charge in [0.25, 0.3) is 0 Å². The van der Waals surface area contributed by atoms with E-state index in [4.69, 9.17) is 4.74 Å². The van der Waals surface area contributed by atoms with Crippen LogP contribution in [0, 0.1) is 13.8 Å². The topological polar surface area (TPSA) is 99.0 Å². The number of carbonyl (C=O) groups excluding carboxylic acids is 2. The number of amides is 1. The first-order chi connectivity index (χ1) is 15.6. The lowest BCUT2D eigenvalue weighted by Gasteiger charge is -2.10. The number of nitrogens with zero attached hydrogens (tertiary/aromatic N) is 4. The summed E-state index contributed by atoms with van der Waals surface area (Å²) < 4.78 is 45.9. The summed E-state index contributed by atoms with van der Waals surface area (Å²) in [6.07, 6.45) is -4.51. The number of esters is 1. The SMILES string of the molecule is CCOC(=O)CSc1nnc(NC(=O)Cc2c(C)nn(-c3cccc(C(F)(F)F)c3)c2C)s1. The Morgan fingerprint density at radius 3 is 2.70 bits per heavy atom. The maximum atomic E-state index is 13.1. The van der Waals surface area contributed by atoms with Gasteiger partial charge in [-0.2, -0.15) is 18.3 Å². The number of hydrogen-bond acceptors (Lipinski definition) is 8. The fourth-order valence-corrected chi connectivity index (χ4v) is 4.53. The summed E-state index contributed by atoms with van der Waals surface area (Å²) in [4.78, 5) is 24.0. The summed E-state index contributed by atoms with van der Waals surface area (Å²) in [5, 5.41) is 15.0. The van der Waals surface area contributed by atoms with Gasteiger partial charge < -0.3 is 10.1 Å². The zero-order valence-corrected chi connectivity index (χ0v) is 19.5. The Morgan fingerprint density at radius 2 is 2.00 bits per heavy atom. The van der Waals surface area contributed by atoms with Gasteiger partial charge in [-0.1, -0.05) is 29.2 Å². The van der Waals surface area contributed by atoms with E-state index in [0.29, 0.717) is 27.9 Å². The van der Waals surface area contributed by atoms with Crippen molar-refractivity contribution in [3.63, 3.8) is 0 Å². The molecule has 0 aliphatic heterocycles. The lowest BCUT2D eigenvalue weighted by molar-refractivity contribution is -0.140. The van der Waals surface area contributed by atoms with Crippen LogP contribution in [0.3, 0.4) is 0 Å². The summed E-state index contributed by atoms with van der Waals surface area (Å²) in [6.45, 7) is 5.39. The van der Waals surface area contributed by atoms with Crippen molar-refractivity contribution in [2.45, 2.75) is 37.7 Å². The van der Waals surface area contributed by atoms with E-state index in [1.807, 2.05) is 0 Å². The van der Waals surface area contributed by atoms with Gasteiger partial charge in [0.15, 0.2) is 4.34 Å². The highest BCUT2D eigenvalue weighted by Crippen LogP contribution is 2.31. The summed E-state index contributed by atoms with van der Waals surface area (Å²) in [7, 11) is 0. The number of ether oxygens (including phenoxy) is 1. The van der Waals surface area contributed by atoms with E-state index < -0.39 is 11.7 Å². The third-order valence-corrected chi connectivity index (χ3v) is 6.41. The second-order valence-electron chi connectivity index (χ2n) is 6.80. The van der Waals surface area contributed by atoms with Gasteiger partial charge in [-0.05, 0) is 39.0 Å². The van der Waals surface area contributed by atoms with Crippen LogP contribution >= 0.6 is 23.1 Å². The molecule has 0 fully saturated rings. The molecule has 33 heavy (non-hydrogen) atoms. The molecule has 176 valence electrons. The molecule has 0 unspecified atom stereocenters. The number of alkyl halides is 3. The van der Waals surface area contributed by atoms with Crippen molar-refractivity contribution in [1.82, 2.24) is 20.0 Å². The van der Waals surface area contributed by atoms with Crippen molar-refractivity contribution in [3.05, 3.63) is 46.8 Å². The Hall–Kier alpha value is -2.93. The van der Waals surface area contributed by atoms with Crippen LogP contribution in [0.2, 0.25) is 0 Å². The molecule has 1 amide bonds. The molecule has 2 heterocycles. The molecule has 0 saturated carbocycles. The van der Waals surface area contributed by atoms with Crippen molar-refractivity contribution in [1.29, 1.82) is 0 Å². The molecule has 0 aliphatic carbocycles. The number of carbonyl (C=O) groups is 2. The van der Waals surface area contributed by atoms with Crippen LogP contribution in [-0.4, -0.2) is 44.2 Å². The third-order valence-electron chi connectivity index (χ3n) is 4.47. The molecule has 0 radical (unpaired) electrons. The molecule has 0 aliphatic rings. The molecular formula is C20H20F3N5O3S2. The van der Waals surface area contributed by atoms with Crippen molar-refractivity contribution >= 4 is 40.1 Å². The van der Waals surface area contributed by atoms with Crippen LogP contribution in [0.25, 0.3) is 5.69 Å². The van der Waals surface area contributed by atoms with Crippen LogP contribution in [-0.2, 0) is 26.9 Å². The highest BCUT2D eigenvalue weighted by molar-refractivity contribution is 8.01. The van der Waals surface area contributed by atoms with E-state index in [0.717, 1.165) is 35.2 Å². The van der Waals surface area contributed by atoms with E-state index in [1.165, 1.54) is 16.8 Å². The number of anilines is 1. The Balaban J connectivity index is 1.68. The second-order valence-corrected chi connectivity index (χ2v) is 9.00. The van der Waals surface area contributed by atoms with Crippen LogP contribution < -0.4 is 5.32 Å². The molecule has 1 N–H and O–H groups in total. The van der Waals surface area contributed by atoms with E-state index in [1.54, 1.807) is 20.8 Å². The largest absolute Gasteiger partial charge is 0.465 e. The molecular weight excluding hydrogens is 479 g/mol. The molecule has 0 saturated heterocycles. The van der Waals surface area contributed by atoms with Gasteiger partial charge in [0.05, 0.1) is 35.7 Å². The maximum absolute atomic E-state index is 13.1. The van der Waals surface area contributed by atoms with E-state index in [2.05, 4.69) is 20.6 Å². The first kappa shape index (κ1) is 24.7. The van der Waals surface area contributed by atoms with Crippen molar-refractivity contribution in [3.8, 4) is 5.69 Å². The number of rotatable bonds is 8.